The van der Waals surface area contributed by atoms with Gasteiger partial charge in [0.25, 0.3) is 10.1 Å². The third-order valence-electron chi connectivity index (χ3n) is 2.63. The van der Waals surface area contributed by atoms with E-state index in [0.29, 0.717) is 12.8 Å². The van der Waals surface area contributed by atoms with Crippen LogP contribution >= 0.6 is 23.1 Å². The van der Waals surface area contributed by atoms with E-state index >= 15 is 0 Å². The molecular weight excluding hydrogens is 314 g/mol. The summed E-state index contributed by atoms with van der Waals surface area (Å²) in [4.78, 5) is 6.70. The van der Waals surface area contributed by atoms with Crippen molar-refractivity contribution < 1.29 is 13.0 Å². The lowest BCUT2D eigenvalue weighted by molar-refractivity contribution is 0.481. The Kier molecular flexibility index (Phi) is 5.20. The molecule has 0 amide bonds. The zero-order valence-electron chi connectivity index (χ0n) is 10.9. The fourth-order valence-electron chi connectivity index (χ4n) is 1.68. The number of hydrogen-bond donors (Lipinski definition) is 1. The number of benzene rings is 1. The normalized spacial score (nSPS) is 11.7. The lowest BCUT2D eigenvalue weighted by Gasteiger charge is -1.97. The Hall–Kier alpha value is -0.890. The summed E-state index contributed by atoms with van der Waals surface area (Å²) >= 11 is 3.18. The van der Waals surface area contributed by atoms with E-state index in [4.69, 9.17) is 4.55 Å². The summed E-state index contributed by atoms with van der Waals surface area (Å²) in [5.41, 5.74) is 0.934. The molecule has 0 radical (unpaired) electrons. The summed E-state index contributed by atoms with van der Waals surface area (Å²) in [6.07, 6.45) is 1.04. The lowest BCUT2D eigenvalue weighted by Crippen LogP contribution is -2.04. The van der Waals surface area contributed by atoms with Gasteiger partial charge >= 0.3 is 0 Å². The largest absolute Gasteiger partial charge is 0.286 e. The van der Waals surface area contributed by atoms with Crippen molar-refractivity contribution in [3.63, 3.8) is 0 Å². The maximum absolute atomic E-state index is 10.7. The van der Waals surface area contributed by atoms with Crippen molar-refractivity contribution in [1.29, 1.82) is 0 Å². The predicted octanol–water partition coefficient (Wildman–Crippen LogP) is 3.42. The van der Waals surface area contributed by atoms with Crippen molar-refractivity contribution in [3.05, 3.63) is 40.9 Å². The first-order chi connectivity index (χ1) is 9.44. The van der Waals surface area contributed by atoms with Crippen molar-refractivity contribution in [2.75, 3.05) is 5.75 Å². The van der Waals surface area contributed by atoms with Crippen molar-refractivity contribution in [1.82, 2.24) is 4.98 Å². The van der Waals surface area contributed by atoms with Crippen molar-refractivity contribution in [2.45, 2.75) is 29.0 Å². The van der Waals surface area contributed by atoms with Crippen LogP contribution in [0.5, 0.6) is 0 Å². The van der Waals surface area contributed by atoms with Crippen LogP contribution in [0.15, 0.2) is 39.6 Å². The van der Waals surface area contributed by atoms with E-state index in [1.54, 1.807) is 23.1 Å². The molecule has 2 rings (SSSR count). The van der Waals surface area contributed by atoms with Crippen LogP contribution in [0, 0.1) is 6.92 Å². The summed E-state index contributed by atoms with van der Waals surface area (Å²) in [5.74, 6) is -0.203. The number of rotatable bonds is 6. The number of hydrogen-bond acceptors (Lipinski definition) is 5. The summed E-state index contributed by atoms with van der Waals surface area (Å²) in [7, 11) is -3.87. The smallest absolute Gasteiger partial charge is 0.264 e. The lowest BCUT2D eigenvalue weighted by atomic mass is 10.2. The van der Waals surface area contributed by atoms with Crippen LogP contribution in [-0.2, 0) is 16.5 Å². The Labute approximate surface area is 127 Å². The van der Waals surface area contributed by atoms with Gasteiger partial charge in [-0.15, -0.1) is 11.3 Å². The van der Waals surface area contributed by atoms with Crippen LogP contribution < -0.4 is 0 Å². The molecule has 1 N–H and O–H groups in total. The summed E-state index contributed by atoms with van der Waals surface area (Å²) in [6.45, 7) is 1.92. The van der Waals surface area contributed by atoms with Crippen LogP contribution in [0.4, 0.5) is 0 Å². The van der Waals surface area contributed by atoms with Crippen molar-refractivity contribution in [2.24, 2.45) is 0 Å². The fraction of sp³-hybridized carbons (Fsp3) is 0.308. The van der Waals surface area contributed by atoms with Gasteiger partial charge in [-0.1, -0.05) is 30.0 Å². The number of aryl methyl sites for hydroxylation is 2. The van der Waals surface area contributed by atoms with Gasteiger partial charge in [-0.25, -0.2) is 4.98 Å². The molecule has 0 aliphatic rings. The molecular formula is C13H15NO3S3. The van der Waals surface area contributed by atoms with Crippen LogP contribution in [0.1, 0.15) is 17.0 Å². The molecule has 1 heterocycles. The van der Waals surface area contributed by atoms with E-state index in [1.165, 1.54) is 0 Å². The van der Waals surface area contributed by atoms with Gasteiger partial charge in [0.1, 0.15) is 0 Å². The molecule has 0 bridgehead atoms. The Balaban J connectivity index is 1.99. The highest BCUT2D eigenvalue weighted by atomic mass is 32.2. The molecule has 0 fully saturated rings. The first-order valence-electron chi connectivity index (χ1n) is 6.08. The first kappa shape index (κ1) is 15.5. The monoisotopic (exact) mass is 329 g/mol. The molecule has 0 saturated heterocycles. The van der Waals surface area contributed by atoms with E-state index in [-0.39, 0.29) is 5.75 Å². The van der Waals surface area contributed by atoms with Gasteiger partial charge in [-0.3, -0.25) is 4.55 Å². The minimum Gasteiger partial charge on any atom is -0.286 e. The quantitative estimate of drug-likeness (QED) is 0.823. The molecule has 0 aliphatic heterocycles. The molecule has 4 nitrogen and oxygen atoms in total. The number of aromatic nitrogens is 1. The van der Waals surface area contributed by atoms with E-state index in [9.17, 15) is 8.42 Å². The molecule has 1 aromatic heterocycles. The molecule has 0 aliphatic carbocycles. The van der Waals surface area contributed by atoms with Gasteiger partial charge in [0.15, 0.2) is 4.34 Å². The van der Waals surface area contributed by atoms with Gasteiger partial charge in [0.2, 0.25) is 0 Å². The zero-order chi connectivity index (χ0) is 14.6. The zero-order valence-corrected chi connectivity index (χ0v) is 13.4. The SMILES string of the molecule is Cc1nc(Sc2ccccc2)sc1CCCS(=O)(=O)O. The van der Waals surface area contributed by atoms with E-state index in [1.807, 2.05) is 37.3 Å². The second-order valence-corrected chi connectivity index (χ2v) is 8.27. The second-order valence-electron chi connectivity index (χ2n) is 4.29. The van der Waals surface area contributed by atoms with Crippen molar-refractivity contribution in [3.8, 4) is 0 Å². The third-order valence-corrected chi connectivity index (χ3v) is 5.72. The Morgan fingerprint density at radius 3 is 2.65 bits per heavy atom. The number of nitrogens with zero attached hydrogens (tertiary/aromatic N) is 1. The summed E-state index contributed by atoms with van der Waals surface area (Å²) < 4.78 is 31.1. The topological polar surface area (TPSA) is 67.3 Å². The molecule has 20 heavy (non-hydrogen) atoms. The highest BCUT2D eigenvalue weighted by Crippen LogP contribution is 2.33. The standard InChI is InChI=1S/C13H15NO3S3/c1-10-12(8-5-9-20(15,16)17)19-13(14-10)18-11-6-3-2-4-7-11/h2-4,6-7H,5,8-9H2,1H3,(H,15,16,17). The van der Waals surface area contributed by atoms with Gasteiger partial charge in [-0.2, -0.15) is 8.42 Å². The average Bonchev–Trinajstić information content (AvgIpc) is 2.69. The van der Waals surface area contributed by atoms with Gasteiger partial charge in [0.05, 0.1) is 11.4 Å². The molecule has 1 aromatic carbocycles. The van der Waals surface area contributed by atoms with Crippen LogP contribution in [0.3, 0.4) is 0 Å². The van der Waals surface area contributed by atoms with Crippen LogP contribution in [-0.4, -0.2) is 23.7 Å². The van der Waals surface area contributed by atoms with E-state index < -0.39 is 10.1 Å². The average molecular weight is 329 g/mol. The summed E-state index contributed by atoms with van der Waals surface area (Å²) in [5, 5.41) is 0. The van der Waals surface area contributed by atoms with Crippen LogP contribution in [0.25, 0.3) is 0 Å². The predicted molar refractivity (Wildman–Crippen MR) is 82.2 cm³/mol. The van der Waals surface area contributed by atoms with Crippen LogP contribution in [0.2, 0.25) is 0 Å². The Bertz CT molecular complexity index is 665. The van der Waals surface area contributed by atoms with Gasteiger partial charge in [0, 0.05) is 9.77 Å². The maximum Gasteiger partial charge on any atom is 0.264 e. The minimum absolute atomic E-state index is 0.203. The second kappa shape index (κ2) is 6.71. The highest BCUT2D eigenvalue weighted by molar-refractivity contribution is 8.01. The molecule has 0 saturated carbocycles. The maximum atomic E-state index is 10.7. The summed E-state index contributed by atoms with van der Waals surface area (Å²) in [6, 6.07) is 9.99. The fourth-order valence-corrected chi connectivity index (χ4v) is 4.46. The molecule has 0 spiro atoms. The number of thiazole rings is 1. The molecule has 0 atom stereocenters. The molecule has 0 unspecified atom stereocenters. The Morgan fingerprint density at radius 2 is 2.00 bits per heavy atom. The van der Waals surface area contributed by atoms with E-state index in [0.717, 1.165) is 19.8 Å². The Morgan fingerprint density at radius 1 is 1.30 bits per heavy atom. The first-order valence-corrected chi connectivity index (χ1v) is 9.32. The molecule has 108 valence electrons. The third kappa shape index (κ3) is 4.90. The van der Waals surface area contributed by atoms with Gasteiger partial charge in [-0.05, 0) is 31.9 Å². The molecule has 7 heteroatoms. The van der Waals surface area contributed by atoms with Crippen molar-refractivity contribution >= 4 is 33.2 Å². The highest BCUT2D eigenvalue weighted by Gasteiger charge is 2.11. The molecule has 2 aromatic rings. The minimum atomic E-state index is -3.87. The van der Waals surface area contributed by atoms with Gasteiger partial charge < -0.3 is 0 Å². The van der Waals surface area contributed by atoms with E-state index in [2.05, 4.69) is 4.98 Å².